The Morgan fingerprint density at radius 3 is 2.54 bits per heavy atom. The van der Waals surface area contributed by atoms with Crippen molar-refractivity contribution in [3.05, 3.63) is 71.0 Å². The molecule has 1 unspecified atom stereocenters. The SMILES string of the molecule is Oc1ccc([C@@H](c2nnnn2C2CCCC2)[NH+]2CCc3ccccc3C2)cc1. The number of rotatable bonds is 4. The van der Waals surface area contributed by atoms with Gasteiger partial charge in [-0.2, -0.15) is 0 Å². The Labute approximate surface area is 164 Å². The molecule has 0 spiro atoms. The van der Waals surface area contributed by atoms with Gasteiger partial charge >= 0.3 is 0 Å². The summed E-state index contributed by atoms with van der Waals surface area (Å²) in [6.45, 7) is 2.00. The fourth-order valence-corrected chi connectivity index (χ4v) is 4.88. The van der Waals surface area contributed by atoms with E-state index in [0.29, 0.717) is 6.04 Å². The maximum Gasteiger partial charge on any atom is 0.214 e. The van der Waals surface area contributed by atoms with Crippen molar-refractivity contribution in [2.75, 3.05) is 6.54 Å². The molecule has 144 valence electrons. The molecule has 2 aromatic carbocycles. The molecule has 0 saturated heterocycles. The first-order chi connectivity index (χ1) is 13.8. The largest absolute Gasteiger partial charge is 0.508 e. The summed E-state index contributed by atoms with van der Waals surface area (Å²) < 4.78 is 2.08. The van der Waals surface area contributed by atoms with Crippen LogP contribution in [0.1, 0.15) is 60.3 Å². The zero-order valence-electron chi connectivity index (χ0n) is 16.0. The molecule has 28 heavy (non-hydrogen) atoms. The van der Waals surface area contributed by atoms with Gasteiger partial charge in [0.05, 0.1) is 12.6 Å². The van der Waals surface area contributed by atoms with Gasteiger partial charge in [-0.3, -0.25) is 0 Å². The highest BCUT2D eigenvalue weighted by Gasteiger charge is 2.36. The van der Waals surface area contributed by atoms with Crippen LogP contribution in [0.2, 0.25) is 0 Å². The minimum absolute atomic E-state index is 0.0598. The molecule has 2 atom stereocenters. The molecule has 6 nitrogen and oxygen atoms in total. The van der Waals surface area contributed by atoms with Crippen LogP contribution in [0.25, 0.3) is 0 Å². The Kier molecular flexibility index (Phi) is 4.56. The highest BCUT2D eigenvalue weighted by molar-refractivity contribution is 5.31. The standard InChI is InChI=1S/C22H25N5O/c28-20-11-9-17(10-12-20)21(22-23-24-25-27(22)19-7-3-4-8-19)26-14-13-16-5-1-2-6-18(16)15-26/h1-2,5-6,9-12,19,21,28H,3-4,7-8,13-15H2/p+1/t21-/m0/s1. The first-order valence-corrected chi connectivity index (χ1v) is 10.3. The van der Waals surface area contributed by atoms with Crippen LogP contribution in [0, 0.1) is 0 Å². The van der Waals surface area contributed by atoms with Crippen molar-refractivity contribution in [3.63, 3.8) is 0 Å². The molecule has 2 heterocycles. The number of quaternary nitrogens is 1. The molecule has 2 aliphatic rings. The van der Waals surface area contributed by atoms with Gasteiger partial charge in [0.25, 0.3) is 0 Å². The molecule has 1 aliphatic heterocycles. The van der Waals surface area contributed by atoms with Crippen molar-refractivity contribution in [1.29, 1.82) is 0 Å². The number of tetrazole rings is 1. The number of benzene rings is 2. The van der Waals surface area contributed by atoms with Gasteiger partial charge in [-0.15, -0.1) is 5.10 Å². The highest BCUT2D eigenvalue weighted by atomic mass is 16.3. The number of aromatic nitrogens is 4. The van der Waals surface area contributed by atoms with Crippen LogP contribution in [0.5, 0.6) is 5.75 Å². The second-order valence-corrected chi connectivity index (χ2v) is 8.05. The molecule has 1 aliphatic carbocycles. The highest BCUT2D eigenvalue weighted by Crippen LogP contribution is 2.31. The second-order valence-electron chi connectivity index (χ2n) is 8.05. The molecular weight excluding hydrogens is 350 g/mol. The molecule has 0 radical (unpaired) electrons. The maximum absolute atomic E-state index is 9.78. The van der Waals surface area contributed by atoms with Crippen molar-refractivity contribution in [1.82, 2.24) is 20.2 Å². The smallest absolute Gasteiger partial charge is 0.214 e. The fourth-order valence-electron chi connectivity index (χ4n) is 4.88. The maximum atomic E-state index is 9.78. The van der Waals surface area contributed by atoms with Crippen LogP contribution < -0.4 is 4.90 Å². The summed E-state index contributed by atoms with van der Waals surface area (Å²) in [4.78, 5) is 1.46. The number of phenols is 1. The second kappa shape index (κ2) is 7.36. The molecule has 0 bridgehead atoms. The van der Waals surface area contributed by atoms with Crippen LogP contribution in [0.3, 0.4) is 0 Å². The van der Waals surface area contributed by atoms with E-state index in [-0.39, 0.29) is 11.8 Å². The Morgan fingerprint density at radius 2 is 1.75 bits per heavy atom. The van der Waals surface area contributed by atoms with Crippen LogP contribution in [-0.2, 0) is 13.0 Å². The third-order valence-electron chi connectivity index (χ3n) is 6.33. The van der Waals surface area contributed by atoms with Gasteiger partial charge in [-0.1, -0.05) is 37.1 Å². The van der Waals surface area contributed by atoms with Gasteiger partial charge in [-0.05, 0) is 53.1 Å². The monoisotopic (exact) mass is 376 g/mol. The number of fused-ring (bicyclic) bond motifs is 1. The zero-order chi connectivity index (χ0) is 18.9. The van der Waals surface area contributed by atoms with Crippen LogP contribution in [0.15, 0.2) is 48.5 Å². The Bertz CT molecular complexity index is 946. The molecule has 3 aromatic rings. The zero-order valence-corrected chi connectivity index (χ0v) is 16.0. The van der Waals surface area contributed by atoms with Crippen molar-refractivity contribution >= 4 is 0 Å². The average Bonchev–Trinajstić information content (AvgIpc) is 3.41. The van der Waals surface area contributed by atoms with E-state index >= 15 is 0 Å². The van der Waals surface area contributed by atoms with E-state index in [0.717, 1.165) is 43.7 Å². The fraction of sp³-hybridized carbons (Fsp3) is 0.409. The Morgan fingerprint density at radius 1 is 1.00 bits per heavy atom. The first kappa shape index (κ1) is 17.4. The summed E-state index contributed by atoms with van der Waals surface area (Å²) in [7, 11) is 0. The normalized spacial score (nSPS) is 20.8. The van der Waals surface area contributed by atoms with Crippen LogP contribution in [-0.4, -0.2) is 31.9 Å². The Hall–Kier alpha value is -2.73. The van der Waals surface area contributed by atoms with E-state index in [1.165, 1.54) is 28.9 Å². The number of phenolic OH excluding ortho intramolecular Hbond substituents is 1. The summed E-state index contributed by atoms with van der Waals surface area (Å²) >= 11 is 0. The van der Waals surface area contributed by atoms with Gasteiger partial charge in [-0.25, -0.2) is 4.68 Å². The lowest BCUT2D eigenvalue weighted by molar-refractivity contribution is -0.941. The third kappa shape index (κ3) is 3.18. The molecule has 5 rings (SSSR count). The average molecular weight is 376 g/mol. The van der Waals surface area contributed by atoms with E-state index in [4.69, 9.17) is 0 Å². The van der Waals surface area contributed by atoms with E-state index in [1.54, 1.807) is 12.1 Å². The third-order valence-corrected chi connectivity index (χ3v) is 6.33. The lowest BCUT2D eigenvalue weighted by Crippen LogP contribution is -3.12. The predicted octanol–water partition coefficient (Wildman–Crippen LogP) is 2.22. The van der Waals surface area contributed by atoms with Crippen molar-refractivity contribution in [2.45, 2.75) is 50.7 Å². The van der Waals surface area contributed by atoms with E-state index in [9.17, 15) is 5.11 Å². The van der Waals surface area contributed by atoms with E-state index in [2.05, 4.69) is 44.5 Å². The molecule has 1 aromatic heterocycles. The van der Waals surface area contributed by atoms with Gasteiger partial charge < -0.3 is 10.0 Å². The summed E-state index contributed by atoms with van der Waals surface area (Å²) in [6, 6.07) is 16.8. The number of aromatic hydroxyl groups is 1. The number of hydrogen-bond donors (Lipinski definition) is 2. The van der Waals surface area contributed by atoms with E-state index in [1.807, 2.05) is 12.1 Å². The lowest BCUT2D eigenvalue weighted by atomic mass is 9.96. The molecule has 1 fully saturated rings. The molecule has 1 saturated carbocycles. The first-order valence-electron chi connectivity index (χ1n) is 10.3. The summed E-state index contributed by atoms with van der Waals surface area (Å²) in [5, 5.41) is 22.8. The molecule has 0 amide bonds. The number of hydrogen-bond acceptors (Lipinski definition) is 4. The van der Waals surface area contributed by atoms with Crippen LogP contribution >= 0.6 is 0 Å². The lowest BCUT2D eigenvalue weighted by Gasteiger charge is -2.32. The van der Waals surface area contributed by atoms with Crippen molar-refractivity contribution < 1.29 is 10.0 Å². The molecule has 2 N–H and O–H groups in total. The number of nitrogens with one attached hydrogen (secondary N) is 1. The van der Waals surface area contributed by atoms with Gasteiger partial charge in [0.2, 0.25) is 5.82 Å². The van der Waals surface area contributed by atoms with Gasteiger partial charge in [0.15, 0.2) is 6.04 Å². The van der Waals surface area contributed by atoms with Crippen molar-refractivity contribution in [2.24, 2.45) is 0 Å². The summed E-state index contributed by atoms with van der Waals surface area (Å²) in [5.74, 6) is 1.24. The molecule has 6 heteroatoms. The minimum Gasteiger partial charge on any atom is -0.508 e. The van der Waals surface area contributed by atoms with Gasteiger partial charge in [0.1, 0.15) is 12.3 Å². The quantitative estimate of drug-likeness (QED) is 0.733. The Balaban J connectivity index is 1.55. The summed E-state index contributed by atoms with van der Waals surface area (Å²) in [5.41, 5.74) is 4.01. The predicted molar refractivity (Wildman–Crippen MR) is 105 cm³/mol. The summed E-state index contributed by atoms with van der Waals surface area (Å²) in [6.07, 6.45) is 5.86. The number of nitrogens with zero attached hydrogens (tertiary/aromatic N) is 4. The van der Waals surface area contributed by atoms with Crippen LogP contribution in [0.4, 0.5) is 0 Å². The topological polar surface area (TPSA) is 68.3 Å². The minimum atomic E-state index is 0.0598. The molecular formula is C22H26N5O+. The van der Waals surface area contributed by atoms with E-state index < -0.39 is 0 Å². The van der Waals surface area contributed by atoms with Gasteiger partial charge in [0, 0.05) is 17.5 Å². The van der Waals surface area contributed by atoms with Crippen molar-refractivity contribution in [3.8, 4) is 5.75 Å².